The van der Waals surface area contributed by atoms with Gasteiger partial charge in [0.05, 0.1) is 6.10 Å². The molecule has 2 aliphatic rings. The van der Waals surface area contributed by atoms with Crippen molar-refractivity contribution in [3.63, 3.8) is 0 Å². The largest absolute Gasteiger partial charge is 0.392 e. The molecule has 0 amide bonds. The van der Waals surface area contributed by atoms with Gasteiger partial charge in [-0.25, -0.2) is 0 Å². The van der Waals surface area contributed by atoms with Crippen molar-refractivity contribution in [2.45, 2.75) is 59.5 Å². The minimum Gasteiger partial charge on any atom is -0.392 e. The van der Waals surface area contributed by atoms with E-state index in [0.29, 0.717) is 17.8 Å². The number of hydrogen-bond donors (Lipinski definition) is 1. The molecule has 0 bridgehead atoms. The Morgan fingerprint density at radius 3 is 2.56 bits per heavy atom. The molecule has 0 aromatic rings. The van der Waals surface area contributed by atoms with Crippen molar-refractivity contribution < 1.29 is 5.11 Å². The molecule has 0 saturated heterocycles. The third-order valence-corrected chi connectivity index (χ3v) is 5.13. The molecule has 2 rings (SSSR count). The SMILES string of the molecule is CC1=C[C@]2(CC1)[C@H](C)CC[C@@H](C(C)C)[C@@H]2O. The minimum absolute atomic E-state index is 0.108. The van der Waals surface area contributed by atoms with Gasteiger partial charge in [-0.1, -0.05) is 32.4 Å². The van der Waals surface area contributed by atoms with Gasteiger partial charge in [0, 0.05) is 5.41 Å². The summed E-state index contributed by atoms with van der Waals surface area (Å²) >= 11 is 0. The maximum atomic E-state index is 10.7. The van der Waals surface area contributed by atoms with Crippen LogP contribution in [0.5, 0.6) is 0 Å². The molecule has 0 unspecified atom stereocenters. The van der Waals surface area contributed by atoms with Crippen molar-refractivity contribution in [2.24, 2.45) is 23.2 Å². The fourth-order valence-electron chi connectivity index (χ4n) is 3.90. The van der Waals surface area contributed by atoms with Gasteiger partial charge >= 0.3 is 0 Å². The number of allylic oxidation sites excluding steroid dienone is 1. The first kappa shape index (κ1) is 12.2. The van der Waals surface area contributed by atoms with E-state index in [-0.39, 0.29) is 11.5 Å². The number of aliphatic hydroxyl groups is 1. The molecule has 16 heavy (non-hydrogen) atoms. The molecule has 0 heterocycles. The summed E-state index contributed by atoms with van der Waals surface area (Å²) in [6.07, 6.45) is 7.12. The summed E-state index contributed by atoms with van der Waals surface area (Å²) in [5.74, 6) is 1.75. The third-order valence-electron chi connectivity index (χ3n) is 5.13. The van der Waals surface area contributed by atoms with Gasteiger partial charge in [0.1, 0.15) is 0 Å². The van der Waals surface area contributed by atoms with Crippen LogP contribution in [-0.4, -0.2) is 11.2 Å². The van der Waals surface area contributed by atoms with E-state index in [0.717, 1.165) is 0 Å². The van der Waals surface area contributed by atoms with E-state index >= 15 is 0 Å². The molecule has 1 nitrogen and oxygen atoms in total. The van der Waals surface area contributed by atoms with Crippen LogP contribution in [0.25, 0.3) is 0 Å². The van der Waals surface area contributed by atoms with E-state index in [1.165, 1.54) is 31.3 Å². The van der Waals surface area contributed by atoms with E-state index in [1.54, 1.807) is 0 Å². The minimum atomic E-state index is -0.117. The highest BCUT2D eigenvalue weighted by Crippen LogP contribution is 2.53. The summed E-state index contributed by atoms with van der Waals surface area (Å²) in [6, 6.07) is 0. The highest BCUT2D eigenvalue weighted by Gasteiger charge is 2.49. The Hall–Kier alpha value is -0.300. The highest BCUT2D eigenvalue weighted by molar-refractivity contribution is 5.20. The van der Waals surface area contributed by atoms with Gasteiger partial charge in [0.2, 0.25) is 0 Å². The molecular formula is C15H26O. The second-order valence-electron chi connectivity index (χ2n) is 6.43. The van der Waals surface area contributed by atoms with Crippen LogP contribution in [0.1, 0.15) is 53.4 Å². The topological polar surface area (TPSA) is 20.2 Å². The summed E-state index contributed by atoms with van der Waals surface area (Å²) in [7, 11) is 0. The van der Waals surface area contributed by atoms with Gasteiger partial charge < -0.3 is 5.11 Å². The Morgan fingerprint density at radius 1 is 1.38 bits per heavy atom. The summed E-state index contributed by atoms with van der Waals surface area (Å²) in [6.45, 7) is 9.05. The Morgan fingerprint density at radius 2 is 2.06 bits per heavy atom. The monoisotopic (exact) mass is 222 g/mol. The summed E-state index contributed by atoms with van der Waals surface area (Å²) in [5, 5.41) is 10.7. The van der Waals surface area contributed by atoms with Crippen molar-refractivity contribution >= 4 is 0 Å². The molecule has 0 aromatic heterocycles. The lowest BCUT2D eigenvalue weighted by atomic mass is 9.59. The van der Waals surface area contributed by atoms with Gasteiger partial charge in [0.15, 0.2) is 0 Å². The molecule has 1 spiro atoms. The second kappa shape index (κ2) is 4.18. The average Bonchev–Trinajstić information content (AvgIpc) is 2.59. The van der Waals surface area contributed by atoms with Crippen molar-refractivity contribution in [1.29, 1.82) is 0 Å². The van der Waals surface area contributed by atoms with Crippen LogP contribution in [0, 0.1) is 23.2 Å². The molecule has 0 radical (unpaired) electrons. The fraction of sp³-hybridized carbons (Fsp3) is 0.867. The first-order chi connectivity index (χ1) is 7.47. The predicted molar refractivity (Wildman–Crippen MR) is 68.2 cm³/mol. The average molecular weight is 222 g/mol. The fourth-order valence-corrected chi connectivity index (χ4v) is 3.90. The third kappa shape index (κ3) is 1.73. The molecule has 1 N–H and O–H groups in total. The van der Waals surface area contributed by atoms with Gasteiger partial charge in [-0.15, -0.1) is 0 Å². The van der Waals surface area contributed by atoms with Crippen molar-refractivity contribution in [3.05, 3.63) is 11.6 Å². The van der Waals surface area contributed by atoms with Gasteiger partial charge in [-0.05, 0) is 50.4 Å². The molecule has 92 valence electrons. The Kier molecular flexibility index (Phi) is 3.18. The van der Waals surface area contributed by atoms with Crippen LogP contribution in [0.4, 0.5) is 0 Å². The van der Waals surface area contributed by atoms with Crippen LogP contribution < -0.4 is 0 Å². The van der Waals surface area contributed by atoms with Gasteiger partial charge in [-0.2, -0.15) is 0 Å². The Bertz CT molecular complexity index is 292. The molecule has 2 aliphatic carbocycles. The van der Waals surface area contributed by atoms with E-state index in [4.69, 9.17) is 0 Å². The molecule has 1 heteroatoms. The molecule has 0 aliphatic heterocycles. The van der Waals surface area contributed by atoms with E-state index in [1.807, 2.05) is 0 Å². The zero-order valence-electron chi connectivity index (χ0n) is 11.2. The molecule has 1 fully saturated rings. The smallest absolute Gasteiger partial charge is 0.0664 e. The van der Waals surface area contributed by atoms with Gasteiger partial charge in [0.25, 0.3) is 0 Å². The number of hydrogen-bond acceptors (Lipinski definition) is 1. The maximum Gasteiger partial charge on any atom is 0.0664 e. The molecular weight excluding hydrogens is 196 g/mol. The maximum absolute atomic E-state index is 10.7. The van der Waals surface area contributed by atoms with E-state index in [2.05, 4.69) is 33.8 Å². The summed E-state index contributed by atoms with van der Waals surface area (Å²) in [5.41, 5.74) is 1.59. The first-order valence-electron chi connectivity index (χ1n) is 6.84. The van der Waals surface area contributed by atoms with E-state index < -0.39 is 0 Å². The van der Waals surface area contributed by atoms with Crippen molar-refractivity contribution in [3.8, 4) is 0 Å². The van der Waals surface area contributed by atoms with Crippen LogP contribution in [0.2, 0.25) is 0 Å². The van der Waals surface area contributed by atoms with Crippen LogP contribution in [-0.2, 0) is 0 Å². The lowest BCUT2D eigenvalue weighted by Gasteiger charge is -2.48. The lowest BCUT2D eigenvalue weighted by Crippen LogP contribution is -2.48. The number of aliphatic hydroxyl groups excluding tert-OH is 1. The molecule has 0 aromatic carbocycles. The van der Waals surface area contributed by atoms with Crippen LogP contribution in [0.15, 0.2) is 11.6 Å². The Balaban J connectivity index is 2.28. The predicted octanol–water partition coefficient (Wildman–Crippen LogP) is 3.78. The Labute approximate surface area is 99.9 Å². The standard InChI is InChI=1S/C15H26O/c1-10(2)13-6-5-12(4)15(14(13)16)8-7-11(3)9-15/h9-10,12-14,16H,5-8H2,1-4H3/t12-,13+,14+,15-/m1/s1. The quantitative estimate of drug-likeness (QED) is 0.669. The highest BCUT2D eigenvalue weighted by atomic mass is 16.3. The van der Waals surface area contributed by atoms with E-state index in [9.17, 15) is 5.11 Å². The van der Waals surface area contributed by atoms with Crippen LogP contribution in [0.3, 0.4) is 0 Å². The zero-order chi connectivity index (χ0) is 11.9. The lowest BCUT2D eigenvalue weighted by molar-refractivity contribution is -0.0704. The summed E-state index contributed by atoms with van der Waals surface area (Å²) < 4.78 is 0. The number of rotatable bonds is 1. The van der Waals surface area contributed by atoms with Crippen molar-refractivity contribution in [2.75, 3.05) is 0 Å². The zero-order valence-corrected chi connectivity index (χ0v) is 11.2. The molecule has 4 atom stereocenters. The van der Waals surface area contributed by atoms with Crippen molar-refractivity contribution in [1.82, 2.24) is 0 Å². The molecule has 1 saturated carbocycles. The van der Waals surface area contributed by atoms with Crippen LogP contribution >= 0.6 is 0 Å². The second-order valence-corrected chi connectivity index (χ2v) is 6.43. The normalized spacial score (nSPS) is 44.1. The van der Waals surface area contributed by atoms with Gasteiger partial charge in [-0.3, -0.25) is 0 Å². The first-order valence-corrected chi connectivity index (χ1v) is 6.84. The summed E-state index contributed by atoms with van der Waals surface area (Å²) in [4.78, 5) is 0.